The second-order valence-corrected chi connectivity index (χ2v) is 5.54. The van der Waals surface area contributed by atoms with Crippen LogP contribution in [-0.4, -0.2) is 21.3 Å². The Morgan fingerprint density at radius 2 is 1.95 bits per heavy atom. The summed E-state index contributed by atoms with van der Waals surface area (Å²) >= 11 is 0. The first kappa shape index (κ1) is 14.3. The molecule has 20 heavy (non-hydrogen) atoms. The van der Waals surface area contributed by atoms with E-state index in [0.29, 0.717) is 5.92 Å². The van der Waals surface area contributed by atoms with Gasteiger partial charge in [-0.15, -0.1) is 0 Å². The fourth-order valence-corrected chi connectivity index (χ4v) is 2.33. The highest BCUT2D eigenvalue weighted by Gasteiger charge is 2.15. The Hall–Kier alpha value is -2.10. The fraction of sp³-hybridized carbons (Fsp3) is 0.375. The number of aromatic nitrogens is 2. The van der Waals surface area contributed by atoms with Crippen LogP contribution in [0.4, 0.5) is 0 Å². The number of nitrogens with one attached hydrogen (secondary N) is 1. The molecule has 0 saturated heterocycles. The zero-order valence-corrected chi connectivity index (χ0v) is 12.1. The molecule has 2 rings (SSSR count). The first-order valence-corrected chi connectivity index (χ1v) is 6.82. The lowest BCUT2D eigenvalue weighted by atomic mass is 9.99. The molecule has 0 aliphatic heterocycles. The molecule has 0 bridgehead atoms. The van der Waals surface area contributed by atoms with E-state index >= 15 is 0 Å². The molecule has 0 amide bonds. The van der Waals surface area contributed by atoms with E-state index in [9.17, 15) is 4.79 Å². The van der Waals surface area contributed by atoms with Gasteiger partial charge in [0.25, 0.3) is 0 Å². The molecule has 0 saturated carbocycles. The highest BCUT2D eigenvalue weighted by Crippen LogP contribution is 2.25. The summed E-state index contributed by atoms with van der Waals surface area (Å²) in [5, 5.41) is 16.1. The van der Waals surface area contributed by atoms with Crippen LogP contribution in [0.25, 0.3) is 11.3 Å². The average molecular weight is 272 g/mol. The number of aliphatic carboxylic acids is 1. The van der Waals surface area contributed by atoms with Crippen molar-refractivity contribution in [2.24, 2.45) is 5.92 Å². The van der Waals surface area contributed by atoms with Crippen LogP contribution in [0.1, 0.15) is 30.7 Å². The number of carboxylic acid groups (broad SMARTS) is 1. The molecule has 2 aromatic rings. The molecule has 1 heterocycles. The molecule has 0 spiro atoms. The quantitative estimate of drug-likeness (QED) is 0.878. The molecular formula is C16H20N2O2. The van der Waals surface area contributed by atoms with Crippen LogP contribution in [-0.2, 0) is 17.6 Å². The second kappa shape index (κ2) is 5.90. The lowest BCUT2D eigenvalue weighted by Crippen LogP contribution is -2.02. The molecule has 4 nitrogen and oxygen atoms in total. The van der Waals surface area contributed by atoms with E-state index in [2.05, 4.69) is 36.2 Å². The van der Waals surface area contributed by atoms with Gasteiger partial charge in [0.2, 0.25) is 0 Å². The van der Waals surface area contributed by atoms with Crippen LogP contribution in [0.3, 0.4) is 0 Å². The number of benzene rings is 1. The van der Waals surface area contributed by atoms with Crippen LogP contribution >= 0.6 is 0 Å². The highest BCUT2D eigenvalue weighted by molar-refractivity contribution is 5.75. The van der Waals surface area contributed by atoms with Gasteiger partial charge in [-0.3, -0.25) is 9.89 Å². The summed E-state index contributed by atoms with van der Waals surface area (Å²) in [4.78, 5) is 10.9. The topological polar surface area (TPSA) is 66.0 Å². The number of aryl methyl sites for hydroxylation is 1. The van der Waals surface area contributed by atoms with Crippen molar-refractivity contribution in [1.29, 1.82) is 0 Å². The van der Waals surface area contributed by atoms with E-state index in [1.54, 1.807) is 0 Å². The molecule has 2 N–H and O–H groups in total. The van der Waals surface area contributed by atoms with Crippen LogP contribution in [0.2, 0.25) is 0 Å². The van der Waals surface area contributed by atoms with Crippen molar-refractivity contribution < 1.29 is 9.90 Å². The van der Waals surface area contributed by atoms with Crippen molar-refractivity contribution >= 4 is 5.97 Å². The molecule has 4 heteroatoms. The minimum atomic E-state index is -0.841. The van der Waals surface area contributed by atoms with Gasteiger partial charge in [-0.25, -0.2) is 0 Å². The first-order valence-electron chi connectivity index (χ1n) is 6.82. The van der Waals surface area contributed by atoms with E-state index < -0.39 is 5.97 Å². The number of rotatable bonds is 5. The third kappa shape index (κ3) is 3.26. The lowest BCUT2D eigenvalue weighted by molar-refractivity contribution is -0.136. The van der Waals surface area contributed by atoms with E-state index in [1.165, 1.54) is 5.56 Å². The maximum atomic E-state index is 10.9. The number of hydrogen-bond acceptors (Lipinski definition) is 2. The van der Waals surface area contributed by atoms with E-state index in [-0.39, 0.29) is 6.42 Å². The summed E-state index contributed by atoms with van der Waals surface area (Å²) in [5.74, 6) is -0.219. The normalized spacial score (nSPS) is 11.0. The van der Waals surface area contributed by atoms with E-state index in [0.717, 1.165) is 28.9 Å². The fourth-order valence-electron chi connectivity index (χ4n) is 2.33. The molecule has 0 aliphatic carbocycles. The lowest BCUT2D eigenvalue weighted by Gasteiger charge is -2.06. The van der Waals surface area contributed by atoms with Gasteiger partial charge < -0.3 is 5.11 Å². The third-order valence-corrected chi connectivity index (χ3v) is 3.27. The van der Waals surface area contributed by atoms with Crippen LogP contribution in [0, 0.1) is 12.8 Å². The van der Waals surface area contributed by atoms with Crippen molar-refractivity contribution in [2.75, 3.05) is 0 Å². The van der Waals surface area contributed by atoms with Gasteiger partial charge in [0, 0.05) is 16.8 Å². The number of H-pyrrole nitrogens is 1. The van der Waals surface area contributed by atoms with Crippen LogP contribution < -0.4 is 0 Å². The largest absolute Gasteiger partial charge is 0.481 e. The van der Waals surface area contributed by atoms with Crippen molar-refractivity contribution in [1.82, 2.24) is 10.2 Å². The van der Waals surface area contributed by atoms with Gasteiger partial charge in [0.15, 0.2) is 0 Å². The minimum absolute atomic E-state index is 0.00852. The van der Waals surface area contributed by atoms with Crippen molar-refractivity contribution in [3.8, 4) is 11.3 Å². The minimum Gasteiger partial charge on any atom is -0.481 e. The summed E-state index contributed by atoms with van der Waals surface area (Å²) in [5.41, 5.74) is 4.55. The predicted octanol–water partition coefficient (Wildman–Crippen LogP) is 3.21. The Kier molecular flexibility index (Phi) is 4.23. The molecule has 0 fully saturated rings. The zero-order valence-electron chi connectivity index (χ0n) is 12.1. The van der Waals surface area contributed by atoms with Gasteiger partial charge in [0.1, 0.15) is 0 Å². The van der Waals surface area contributed by atoms with Crippen LogP contribution in [0.5, 0.6) is 0 Å². The maximum Gasteiger partial charge on any atom is 0.307 e. The Morgan fingerprint density at radius 1 is 1.30 bits per heavy atom. The predicted molar refractivity (Wildman–Crippen MR) is 78.6 cm³/mol. The zero-order chi connectivity index (χ0) is 14.7. The van der Waals surface area contributed by atoms with Crippen molar-refractivity contribution in [2.45, 2.75) is 33.6 Å². The highest BCUT2D eigenvalue weighted by atomic mass is 16.4. The number of carbonyl (C=O) groups is 1. The average Bonchev–Trinajstić information content (AvgIpc) is 2.71. The monoisotopic (exact) mass is 272 g/mol. The summed E-state index contributed by atoms with van der Waals surface area (Å²) in [7, 11) is 0. The third-order valence-electron chi connectivity index (χ3n) is 3.27. The molecule has 0 radical (unpaired) electrons. The van der Waals surface area contributed by atoms with Crippen LogP contribution in [0.15, 0.2) is 24.3 Å². The SMILES string of the molecule is Cc1[nH]nc(-c2ccc(CC(C)C)cc2)c1CC(=O)O. The van der Waals surface area contributed by atoms with Crippen molar-refractivity contribution in [3.05, 3.63) is 41.1 Å². The Bertz CT molecular complexity index is 597. The summed E-state index contributed by atoms with van der Waals surface area (Å²) in [6.07, 6.45) is 1.03. The number of carboxylic acids is 1. The number of aromatic amines is 1. The summed E-state index contributed by atoms with van der Waals surface area (Å²) < 4.78 is 0. The Balaban J connectivity index is 2.30. The van der Waals surface area contributed by atoms with E-state index in [4.69, 9.17) is 5.11 Å². The van der Waals surface area contributed by atoms with Gasteiger partial charge in [-0.2, -0.15) is 5.10 Å². The summed E-state index contributed by atoms with van der Waals surface area (Å²) in [6.45, 7) is 6.23. The molecule has 106 valence electrons. The number of hydrogen-bond donors (Lipinski definition) is 2. The van der Waals surface area contributed by atoms with Gasteiger partial charge in [-0.05, 0) is 24.8 Å². The van der Waals surface area contributed by atoms with Gasteiger partial charge in [-0.1, -0.05) is 38.1 Å². The molecule has 1 aromatic carbocycles. The van der Waals surface area contributed by atoms with E-state index in [1.807, 2.05) is 19.1 Å². The Morgan fingerprint density at radius 3 is 2.50 bits per heavy atom. The van der Waals surface area contributed by atoms with Gasteiger partial charge >= 0.3 is 5.97 Å². The molecule has 1 aromatic heterocycles. The molecular weight excluding hydrogens is 252 g/mol. The molecule has 0 atom stereocenters. The summed E-state index contributed by atoms with van der Waals surface area (Å²) in [6, 6.07) is 8.20. The maximum absolute atomic E-state index is 10.9. The second-order valence-electron chi connectivity index (χ2n) is 5.54. The smallest absolute Gasteiger partial charge is 0.307 e. The molecule has 0 aliphatic rings. The van der Waals surface area contributed by atoms with Crippen molar-refractivity contribution in [3.63, 3.8) is 0 Å². The van der Waals surface area contributed by atoms with Gasteiger partial charge in [0.05, 0.1) is 12.1 Å². The standard InChI is InChI=1S/C16H20N2O2/c1-10(2)8-12-4-6-13(7-5-12)16-14(9-15(19)20)11(3)17-18-16/h4-7,10H,8-9H2,1-3H3,(H,17,18)(H,19,20). The number of nitrogens with zero attached hydrogens (tertiary/aromatic N) is 1. The molecule has 0 unspecified atom stereocenters. The first-order chi connectivity index (χ1) is 9.47. The Labute approximate surface area is 118 Å².